The molecule has 0 aromatic heterocycles. The summed E-state index contributed by atoms with van der Waals surface area (Å²) in [6, 6.07) is 17.9. The van der Waals surface area contributed by atoms with Gasteiger partial charge in [-0.25, -0.2) is 0 Å². The molecule has 0 radical (unpaired) electrons. The van der Waals surface area contributed by atoms with Crippen molar-refractivity contribution in [2.75, 3.05) is 11.9 Å². The van der Waals surface area contributed by atoms with Crippen LogP contribution in [0.15, 0.2) is 54.6 Å². The number of likely N-dealkylation sites (N-methyl/N-ethyl adjacent to an activating group) is 1. The second-order valence-electron chi connectivity index (χ2n) is 4.70. The van der Waals surface area contributed by atoms with Gasteiger partial charge in [0.15, 0.2) is 5.78 Å². The quantitative estimate of drug-likeness (QED) is 0.800. The molecular weight excluding hydrogens is 222 g/mol. The number of benzene rings is 2. The molecule has 18 heavy (non-hydrogen) atoms. The van der Waals surface area contributed by atoms with Gasteiger partial charge < -0.3 is 4.90 Å². The van der Waals surface area contributed by atoms with E-state index in [4.69, 9.17) is 0 Å². The van der Waals surface area contributed by atoms with E-state index in [-0.39, 0.29) is 11.8 Å². The normalized spacial score (nSPS) is 17.9. The lowest BCUT2D eigenvalue weighted by Gasteiger charge is -2.21. The van der Waals surface area contributed by atoms with E-state index in [1.807, 2.05) is 49.5 Å². The number of fused-ring (bicyclic) bond motifs is 1. The molecule has 0 saturated heterocycles. The molecule has 1 atom stereocenters. The standard InChI is InChI=1S/C16H15NO/c1-17-14-10-6-5-9-13(14)16(18)15(17)11-12-7-3-2-4-8-12/h2-10,15H,11H2,1H3. The molecule has 3 rings (SSSR count). The summed E-state index contributed by atoms with van der Waals surface area (Å²) in [6.45, 7) is 0. The van der Waals surface area contributed by atoms with Gasteiger partial charge in [-0.15, -0.1) is 0 Å². The number of rotatable bonds is 2. The molecule has 0 spiro atoms. The number of para-hydroxylation sites is 1. The topological polar surface area (TPSA) is 20.3 Å². The van der Waals surface area contributed by atoms with E-state index in [9.17, 15) is 4.79 Å². The highest BCUT2D eigenvalue weighted by Gasteiger charge is 2.34. The number of nitrogens with zero attached hydrogens (tertiary/aromatic N) is 1. The number of Topliss-reactive ketones (excluding diaryl/α,β-unsaturated/α-hetero) is 1. The number of carbonyl (C=O) groups is 1. The van der Waals surface area contributed by atoms with Gasteiger partial charge in [-0.2, -0.15) is 0 Å². The minimum absolute atomic E-state index is 0.0650. The maximum Gasteiger partial charge on any atom is 0.187 e. The molecule has 2 heteroatoms. The van der Waals surface area contributed by atoms with Gasteiger partial charge in [0.05, 0.1) is 6.04 Å². The zero-order valence-corrected chi connectivity index (χ0v) is 10.3. The summed E-state index contributed by atoms with van der Waals surface area (Å²) in [4.78, 5) is 14.5. The molecule has 2 nitrogen and oxygen atoms in total. The average molecular weight is 237 g/mol. The highest BCUT2D eigenvalue weighted by atomic mass is 16.1. The van der Waals surface area contributed by atoms with Gasteiger partial charge in [0, 0.05) is 24.7 Å². The summed E-state index contributed by atoms with van der Waals surface area (Å²) < 4.78 is 0. The Kier molecular flexibility index (Phi) is 2.63. The molecule has 1 aliphatic rings. The number of hydrogen-bond acceptors (Lipinski definition) is 2. The number of ketones is 1. The van der Waals surface area contributed by atoms with Gasteiger partial charge in [0.1, 0.15) is 0 Å². The van der Waals surface area contributed by atoms with Crippen molar-refractivity contribution in [2.24, 2.45) is 0 Å². The van der Waals surface area contributed by atoms with Crippen LogP contribution in [0.4, 0.5) is 5.69 Å². The first kappa shape index (κ1) is 11.0. The van der Waals surface area contributed by atoms with Crippen LogP contribution >= 0.6 is 0 Å². The van der Waals surface area contributed by atoms with Crippen LogP contribution in [0.2, 0.25) is 0 Å². The van der Waals surface area contributed by atoms with Crippen molar-refractivity contribution in [1.82, 2.24) is 0 Å². The second-order valence-corrected chi connectivity index (χ2v) is 4.70. The third-order valence-corrected chi connectivity index (χ3v) is 3.59. The molecule has 0 N–H and O–H groups in total. The van der Waals surface area contributed by atoms with E-state index in [0.29, 0.717) is 0 Å². The van der Waals surface area contributed by atoms with Gasteiger partial charge in [0.2, 0.25) is 0 Å². The molecule has 0 saturated carbocycles. The number of hydrogen-bond donors (Lipinski definition) is 0. The average Bonchev–Trinajstić information content (AvgIpc) is 2.66. The summed E-state index contributed by atoms with van der Waals surface area (Å²) >= 11 is 0. The monoisotopic (exact) mass is 237 g/mol. The molecule has 0 amide bonds. The number of anilines is 1. The van der Waals surface area contributed by atoms with Crippen LogP contribution in [0.5, 0.6) is 0 Å². The lowest BCUT2D eigenvalue weighted by Crippen LogP contribution is -2.33. The van der Waals surface area contributed by atoms with E-state index < -0.39 is 0 Å². The first-order chi connectivity index (χ1) is 8.77. The van der Waals surface area contributed by atoms with Gasteiger partial charge in [0.25, 0.3) is 0 Å². The summed E-state index contributed by atoms with van der Waals surface area (Å²) in [6.07, 6.45) is 0.769. The predicted octanol–water partition coefficient (Wildman–Crippen LogP) is 2.93. The molecule has 1 unspecified atom stereocenters. The SMILES string of the molecule is CN1c2ccccc2C(=O)C1Cc1ccccc1. The lowest BCUT2D eigenvalue weighted by atomic mass is 10.0. The van der Waals surface area contributed by atoms with Crippen molar-refractivity contribution in [3.05, 3.63) is 65.7 Å². The molecule has 2 aromatic carbocycles. The fourth-order valence-corrected chi connectivity index (χ4v) is 2.58. The molecule has 90 valence electrons. The maximum atomic E-state index is 12.4. The van der Waals surface area contributed by atoms with Crippen LogP contribution in [0, 0.1) is 0 Å². The zero-order chi connectivity index (χ0) is 12.5. The van der Waals surface area contributed by atoms with Crippen molar-refractivity contribution in [2.45, 2.75) is 12.5 Å². The molecule has 1 heterocycles. The Bertz CT molecular complexity index is 577. The van der Waals surface area contributed by atoms with Crippen LogP contribution in [-0.2, 0) is 6.42 Å². The van der Waals surface area contributed by atoms with Gasteiger partial charge in [-0.1, -0.05) is 42.5 Å². The fourth-order valence-electron chi connectivity index (χ4n) is 2.58. The van der Waals surface area contributed by atoms with Crippen molar-refractivity contribution in [3.8, 4) is 0 Å². The van der Waals surface area contributed by atoms with Crippen molar-refractivity contribution in [1.29, 1.82) is 0 Å². The van der Waals surface area contributed by atoms with Crippen LogP contribution in [0.1, 0.15) is 15.9 Å². The van der Waals surface area contributed by atoms with Gasteiger partial charge in [-0.05, 0) is 17.7 Å². The zero-order valence-electron chi connectivity index (χ0n) is 10.3. The Morgan fingerprint density at radius 3 is 2.39 bits per heavy atom. The Balaban J connectivity index is 1.91. The van der Waals surface area contributed by atoms with Gasteiger partial charge in [-0.3, -0.25) is 4.79 Å². The van der Waals surface area contributed by atoms with Crippen LogP contribution < -0.4 is 4.90 Å². The van der Waals surface area contributed by atoms with Crippen LogP contribution in [0.25, 0.3) is 0 Å². The Labute approximate surface area is 107 Å². The van der Waals surface area contributed by atoms with E-state index in [1.165, 1.54) is 5.56 Å². The fraction of sp³-hybridized carbons (Fsp3) is 0.188. The Morgan fingerprint density at radius 1 is 1.00 bits per heavy atom. The van der Waals surface area contributed by atoms with E-state index >= 15 is 0 Å². The van der Waals surface area contributed by atoms with Crippen molar-refractivity contribution in [3.63, 3.8) is 0 Å². The van der Waals surface area contributed by atoms with Crippen LogP contribution in [0.3, 0.4) is 0 Å². The molecule has 0 bridgehead atoms. The Hall–Kier alpha value is -2.09. The highest BCUT2D eigenvalue weighted by Crippen LogP contribution is 2.31. The summed E-state index contributed by atoms with van der Waals surface area (Å²) in [5, 5.41) is 0. The van der Waals surface area contributed by atoms with E-state index in [1.54, 1.807) is 0 Å². The highest BCUT2D eigenvalue weighted by molar-refractivity contribution is 6.10. The minimum atomic E-state index is -0.0650. The summed E-state index contributed by atoms with van der Waals surface area (Å²) in [7, 11) is 2.00. The third kappa shape index (κ3) is 1.70. The first-order valence-electron chi connectivity index (χ1n) is 6.17. The maximum absolute atomic E-state index is 12.4. The third-order valence-electron chi connectivity index (χ3n) is 3.59. The lowest BCUT2D eigenvalue weighted by molar-refractivity contribution is 0.0972. The predicted molar refractivity (Wildman–Crippen MR) is 73.1 cm³/mol. The van der Waals surface area contributed by atoms with Crippen molar-refractivity contribution >= 4 is 11.5 Å². The van der Waals surface area contributed by atoms with Crippen LogP contribution in [-0.4, -0.2) is 18.9 Å². The summed E-state index contributed by atoms with van der Waals surface area (Å²) in [5.41, 5.74) is 3.10. The molecule has 1 aliphatic heterocycles. The largest absolute Gasteiger partial charge is 0.363 e. The molecular formula is C16H15NO. The Morgan fingerprint density at radius 2 is 1.67 bits per heavy atom. The second kappa shape index (κ2) is 4.30. The molecule has 0 fully saturated rings. The smallest absolute Gasteiger partial charge is 0.187 e. The number of carbonyl (C=O) groups excluding carboxylic acids is 1. The first-order valence-corrected chi connectivity index (χ1v) is 6.17. The molecule has 0 aliphatic carbocycles. The van der Waals surface area contributed by atoms with Crippen molar-refractivity contribution < 1.29 is 4.79 Å². The van der Waals surface area contributed by atoms with Gasteiger partial charge >= 0.3 is 0 Å². The summed E-state index contributed by atoms with van der Waals surface area (Å²) in [5.74, 6) is 0.233. The molecule has 2 aromatic rings. The van der Waals surface area contributed by atoms with E-state index in [2.05, 4.69) is 17.0 Å². The van der Waals surface area contributed by atoms with E-state index in [0.717, 1.165) is 17.7 Å². The minimum Gasteiger partial charge on any atom is -0.363 e.